The van der Waals surface area contributed by atoms with Gasteiger partial charge in [0.15, 0.2) is 11.3 Å². The zero-order valence-corrected chi connectivity index (χ0v) is 23.7. The van der Waals surface area contributed by atoms with Crippen LogP contribution in [0.25, 0.3) is 11.1 Å². The van der Waals surface area contributed by atoms with Crippen LogP contribution in [0.1, 0.15) is 34.8 Å². The highest BCUT2D eigenvalue weighted by atomic mass is 19.4. The highest BCUT2D eigenvalue weighted by Crippen LogP contribution is 2.43. The van der Waals surface area contributed by atoms with Crippen LogP contribution < -0.4 is 10.6 Å². The molecule has 1 saturated heterocycles. The second-order valence-electron chi connectivity index (χ2n) is 10.7. The molecule has 2 atom stereocenters. The van der Waals surface area contributed by atoms with E-state index in [0.29, 0.717) is 29.0 Å². The minimum absolute atomic E-state index is 0.0448. The topological polar surface area (TPSA) is 134 Å². The summed E-state index contributed by atoms with van der Waals surface area (Å²) in [5, 5.41) is 9.02. The van der Waals surface area contributed by atoms with E-state index in [1.54, 1.807) is 12.3 Å². The number of hydrogen-bond donors (Lipinski definition) is 2. The molecule has 5 amide bonds. The minimum Gasteiger partial charge on any atom is -0.358 e. The van der Waals surface area contributed by atoms with Gasteiger partial charge >= 0.3 is 12.2 Å². The van der Waals surface area contributed by atoms with Gasteiger partial charge in [0.25, 0.3) is 5.91 Å². The number of imide groups is 1. The fourth-order valence-corrected chi connectivity index (χ4v) is 5.40. The predicted molar refractivity (Wildman–Crippen MR) is 145 cm³/mol. The number of benzene rings is 2. The number of nitrogens with zero attached hydrogens (tertiary/aromatic N) is 4. The molecule has 1 aliphatic heterocycles. The number of likely N-dealkylation sites (N-methyl/N-ethyl adjacent to an activating group) is 1. The number of alkyl halides is 3. The van der Waals surface area contributed by atoms with Crippen molar-refractivity contribution in [1.82, 2.24) is 30.2 Å². The van der Waals surface area contributed by atoms with Crippen LogP contribution in [-0.4, -0.2) is 74.9 Å². The van der Waals surface area contributed by atoms with E-state index in [9.17, 15) is 45.9 Å². The van der Waals surface area contributed by atoms with Crippen molar-refractivity contribution >= 4 is 29.5 Å². The number of carbonyl (C=O) groups excluding carboxylic acids is 5. The van der Waals surface area contributed by atoms with Gasteiger partial charge in [-0.15, -0.1) is 0 Å². The molecule has 2 heterocycles. The van der Waals surface area contributed by atoms with Gasteiger partial charge in [0.05, 0.1) is 6.20 Å². The molecule has 1 spiro atoms. The maximum absolute atomic E-state index is 13.7. The van der Waals surface area contributed by atoms with Crippen molar-refractivity contribution < 1.29 is 45.9 Å². The largest absolute Gasteiger partial charge is 0.408 e. The van der Waals surface area contributed by atoms with Gasteiger partial charge in [-0.3, -0.25) is 28.8 Å². The summed E-state index contributed by atoms with van der Waals surface area (Å²) in [5.74, 6) is -5.27. The maximum Gasteiger partial charge on any atom is 0.408 e. The fraction of sp³-hybridized carbons (Fsp3) is 0.310. The van der Waals surface area contributed by atoms with Gasteiger partial charge in [0.2, 0.25) is 11.8 Å². The summed E-state index contributed by atoms with van der Waals surface area (Å²) in [6, 6.07) is 2.99. The molecule has 16 heteroatoms. The Kier molecular flexibility index (Phi) is 7.93. The lowest BCUT2D eigenvalue weighted by molar-refractivity contribution is -0.187. The number of nitrogens with one attached hydrogen (secondary N) is 2. The molecule has 2 aliphatic rings. The zero-order chi connectivity index (χ0) is 32.8. The first kappa shape index (κ1) is 31.3. The van der Waals surface area contributed by atoms with Gasteiger partial charge < -0.3 is 15.5 Å². The number of ketones is 1. The molecular weight excluding hydrogens is 607 g/mol. The van der Waals surface area contributed by atoms with Gasteiger partial charge in [0, 0.05) is 43.4 Å². The lowest BCUT2D eigenvalue weighted by atomic mass is 9.90. The van der Waals surface area contributed by atoms with E-state index in [-0.39, 0.29) is 34.0 Å². The van der Waals surface area contributed by atoms with E-state index < -0.39 is 72.5 Å². The number of amides is 5. The van der Waals surface area contributed by atoms with Crippen molar-refractivity contribution in [3.63, 3.8) is 0 Å². The molecule has 45 heavy (non-hydrogen) atoms. The number of rotatable bonds is 8. The van der Waals surface area contributed by atoms with E-state index in [1.165, 1.54) is 30.1 Å². The van der Waals surface area contributed by atoms with Crippen molar-refractivity contribution in [2.24, 2.45) is 0 Å². The number of urea groups is 1. The smallest absolute Gasteiger partial charge is 0.358 e. The van der Waals surface area contributed by atoms with Gasteiger partial charge in [-0.25, -0.2) is 13.6 Å². The van der Waals surface area contributed by atoms with Crippen LogP contribution in [0.4, 0.5) is 26.7 Å². The summed E-state index contributed by atoms with van der Waals surface area (Å²) in [4.78, 5) is 65.3. The van der Waals surface area contributed by atoms with E-state index in [0.717, 1.165) is 12.1 Å². The first-order valence-electron chi connectivity index (χ1n) is 13.5. The molecule has 2 aromatic carbocycles. The molecule has 0 bridgehead atoms. The number of Topliss-reactive ketones (excluding diaryl/α,β-unsaturated/α-hetero) is 1. The monoisotopic (exact) mass is 632 g/mol. The van der Waals surface area contributed by atoms with Crippen LogP contribution in [0.5, 0.6) is 0 Å². The van der Waals surface area contributed by atoms with E-state index in [2.05, 4.69) is 15.7 Å². The SMILES string of the molecule is CNC(=O)Cn1cc(-c2ccc3c(c2)C(=O)C[C@]32NC(=O)N(CC(=O)N(Cc3cc(F)cc(F)c3)[C@@H](C)C(F)(F)F)C2=O)cn1. The van der Waals surface area contributed by atoms with Crippen LogP contribution in [-0.2, 0) is 33.0 Å². The number of aromatic nitrogens is 2. The van der Waals surface area contributed by atoms with Crippen LogP contribution in [0.3, 0.4) is 0 Å². The van der Waals surface area contributed by atoms with E-state index in [1.807, 2.05) is 0 Å². The van der Waals surface area contributed by atoms with Gasteiger partial charge in [-0.05, 0) is 41.8 Å². The van der Waals surface area contributed by atoms with Crippen LogP contribution in [0, 0.1) is 11.6 Å². The van der Waals surface area contributed by atoms with Crippen molar-refractivity contribution in [2.45, 2.75) is 44.2 Å². The maximum atomic E-state index is 13.7. The second-order valence-corrected chi connectivity index (χ2v) is 10.7. The van der Waals surface area contributed by atoms with Crippen molar-refractivity contribution in [3.8, 4) is 11.1 Å². The molecule has 1 aromatic heterocycles. The molecule has 11 nitrogen and oxygen atoms in total. The van der Waals surface area contributed by atoms with Crippen LogP contribution >= 0.6 is 0 Å². The zero-order valence-electron chi connectivity index (χ0n) is 23.7. The Morgan fingerprint density at radius 2 is 1.76 bits per heavy atom. The molecule has 236 valence electrons. The summed E-state index contributed by atoms with van der Waals surface area (Å²) in [6.07, 6.45) is -2.40. The average Bonchev–Trinajstić information content (AvgIpc) is 3.61. The number of halogens is 5. The molecule has 0 radical (unpaired) electrons. The Balaban J connectivity index is 1.40. The average molecular weight is 633 g/mol. The van der Waals surface area contributed by atoms with Crippen molar-refractivity contribution in [2.75, 3.05) is 13.6 Å². The van der Waals surface area contributed by atoms with Gasteiger partial charge in [-0.2, -0.15) is 18.3 Å². The summed E-state index contributed by atoms with van der Waals surface area (Å²) >= 11 is 0. The molecule has 2 N–H and O–H groups in total. The standard InChI is InChI=1S/C29H25F5N6O5/c1-15(29(32,33)34)39(11-16-5-19(30)8-20(31)6-16)25(43)14-40-26(44)28(37-27(40)45)9-23(41)21-7-17(3-4-22(21)28)18-10-36-38(12-18)13-24(42)35-2/h3-8,10,12,15H,9,11,13-14H2,1-2H3,(H,35,42)(H,37,45)/t15-,28-/m0/s1. The fourth-order valence-electron chi connectivity index (χ4n) is 5.40. The van der Waals surface area contributed by atoms with E-state index >= 15 is 0 Å². The lowest BCUT2D eigenvalue weighted by Crippen LogP contribution is -2.51. The van der Waals surface area contributed by atoms with Gasteiger partial charge in [0.1, 0.15) is 30.8 Å². The van der Waals surface area contributed by atoms with Crippen LogP contribution in [0.15, 0.2) is 48.8 Å². The second kappa shape index (κ2) is 11.4. The molecule has 0 unspecified atom stereocenters. The Hall–Kier alpha value is -5.15. The summed E-state index contributed by atoms with van der Waals surface area (Å²) in [6.45, 7) is -1.38. The third-order valence-corrected chi connectivity index (χ3v) is 7.76. The first-order valence-corrected chi connectivity index (χ1v) is 13.5. The molecule has 1 fully saturated rings. The third-order valence-electron chi connectivity index (χ3n) is 7.76. The summed E-state index contributed by atoms with van der Waals surface area (Å²) < 4.78 is 70.0. The van der Waals surface area contributed by atoms with Crippen molar-refractivity contribution in [3.05, 3.63) is 77.1 Å². The third kappa shape index (κ3) is 5.86. The Labute approximate surface area is 252 Å². The number of hydrogen-bond acceptors (Lipinski definition) is 6. The Bertz CT molecular complexity index is 1720. The van der Waals surface area contributed by atoms with E-state index in [4.69, 9.17) is 0 Å². The normalized spacial score (nSPS) is 18.3. The first-order chi connectivity index (χ1) is 21.1. The van der Waals surface area contributed by atoms with Crippen molar-refractivity contribution in [1.29, 1.82) is 0 Å². The number of fused-ring (bicyclic) bond motifs is 2. The minimum atomic E-state index is -4.95. The highest BCUT2D eigenvalue weighted by molar-refractivity contribution is 6.17. The summed E-state index contributed by atoms with van der Waals surface area (Å²) in [5.41, 5.74) is -0.848. The molecule has 3 aromatic rings. The Morgan fingerprint density at radius 3 is 2.40 bits per heavy atom. The molecule has 5 rings (SSSR count). The predicted octanol–water partition coefficient (Wildman–Crippen LogP) is 2.89. The number of carbonyl (C=O) groups is 5. The summed E-state index contributed by atoms with van der Waals surface area (Å²) in [7, 11) is 1.48. The highest BCUT2D eigenvalue weighted by Gasteiger charge is 2.58. The van der Waals surface area contributed by atoms with Crippen LogP contribution in [0.2, 0.25) is 0 Å². The Morgan fingerprint density at radius 1 is 1.07 bits per heavy atom. The quantitative estimate of drug-likeness (QED) is 0.290. The lowest BCUT2D eigenvalue weighted by Gasteiger charge is -2.32. The molecule has 1 aliphatic carbocycles. The molecular formula is C29H25F5N6O5. The molecule has 0 saturated carbocycles. The van der Waals surface area contributed by atoms with Gasteiger partial charge in [-0.1, -0.05) is 12.1 Å².